The summed E-state index contributed by atoms with van der Waals surface area (Å²) in [5.41, 5.74) is 0. The van der Waals surface area contributed by atoms with E-state index in [1.165, 1.54) is 0 Å². The summed E-state index contributed by atoms with van der Waals surface area (Å²) in [7, 11) is 0. The standard InChI is InChI=1S/C10H20O3/c1-4-6-8-12-9(3)10(11)13-7-5-2/h9H,4-8H2,1-3H3. The zero-order chi connectivity index (χ0) is 10.1. The first-order valence-corrected chi connectivity index (χ1v) is 5.00. The number of rotatable bonds is 7. The highest BCUT2D eigenvalue weighted by Gasteiger charge is 2.13. The number of ether oxygens (including phenoxy) is 2. The van der Waals surface area contributed by atoms with Gasteiger partial charge in [0.1, 0.15) is 0 Å². The van der Waals surface area contributed by atoms with Crippen molar-refractivity contribution < 1.29 is 14.3 Å². The van der Waals surface area contributed by atoms with Crippen LogP contribution in [0.4, 0.5) is 0 Å². The molecule has 78 valence electrons. The summed E-state index contributed by atoms with van der Waals surface area (Å²) < 4.78 is 10.2. The maximum Gasteiger partial charge on any atom is 0.334 e. The van der Waals surface area contributed by atoms with Gasteiger partial charge in [0.25, 0.3) is 0 Å². The average molecular weight is 188 g/mol. The zero-order valence-electron chi connectivity index (χ0n) is 8.84. The van der Waals surface area contributed by atoms with Crippen LogP contribution in [0.25, 0.3) is 0 Å². The first kappa shape index (κ1) is 12.4. The summed E-state index contributed by atoms with van der Waals surface area (Å²) in [4.78, 5) is 11.1. The molecule has 3 nitrogen and oxygen atoms in total. The molecular formula is C10H20O3. The Labute approximate surface area is 80.4 Å². The molecule has 1 atom stereocenters. The zero-order valence-corrected chi connectivity index (χ0v) is 8.84. The van der Waals surface area contributed by atoms with Gasteiger partial charge in [0.05, 0.1) is 6.61 Å². The molecule has 1 unspecified atom stereocenters. The molecule has 0 aliphatic rings. The second kappa shape index (κ2) is 8.05. The topological polar surface area (TPSA) is 35.5 Å². The molecule has 0 saturated carbocycles. The molecule has 0 amide bonds. The van der Waals surface area contributed by atoms with Gasteiger partial charge in [0, 0.05) is 6.61 Å². The number of carbonyl (C=O) groups excluding carboxylic acids is 1. The van der Waals surface area contributed by atoms with E-state index >= 15 is 0 Å². The van der Waals surface area contributed by atoms with Crippen LogP contribution in [-0.4, -0.2) is 25.3 Å². The molecule has 0 aromatic carbocycles. The molecule has 0 saturated heterocycles. The Kier molecular flexibility index (Phi) is 7.69. The van der Waals surface area contributed by atoms with Crippen LogP contribution in [0.1, 0.15) is 40.0 Å². The van der Waals surface area contributed by atoms with E-state index in [1.54, 1.807) is 6.92 Å². The SMILES string of the molecule is CCCCOC(C)C(=O)OCCC. The van der Waals surface area contributed by atoms with Crippen LogP contribution in [0.2, 0.25) is 0 Å². The van der Waals surface area contributed by atoms with Gasteiger partial charge in [-0.15, -0.1) is 0 Å². The summed E-state index contributed by atoms with van der Waals surface area (Å²) in [5.74, 6) is -0.252. The second-order valence-electron chi connectivity index (χ2n) is 3.03. The largest absolute Gasteiger partial charge is 0.464 e. The molecule has 0 spiro atoms. The van der Waals surface area contributed by atoms with Gasteiger partial charge in [-0.1, -0.05) is 20.3 Å². The minimum Gasteiger partial charge on any atom is -0.464 e. The van der Waals surface area contributed by atoms with E-state index in [0.29, 0.717) is 13.2 Å². The van der Waals surface area contributed by atoms with Gasteiger partial charge in [-0.3, -0.25) is 0 Å². The first-order chi connectivity index (χ1) is 6.22. The molecule has 3 heteroatoms. The number of unbranched alkanes of at least 4 members (excludes halogenated alkanes) is 1. The fraction of sp³-hybridized carbons (Fsp3) is 0.900. The molecule has 0 aliphatic carbocycles. The lowest BCUT2D eigenvalue weighted by atomic mass is 10.3. The van der Waals surface area contributed by atoms with Gasteiger partial charge in [-0.05, 0) is 19.8 Å². The van der Waals surface area contributed by atoms with Gasteiger partial charge in [0.2, 0.25) is 0 Å². The van der Waals surface area contributed by atoms with E-state index in [9.17, 15) is 4.79 Å². The van der Waals surface area contributed by atoms with Crippen LogP contribution in [0.5, 0.6) is 0 Å². The van der Waals surface area contributed by atoms with Crippen molar-refractivity contribution in [3.63, 3.8) is 0 Å². The summed E-state index contributed by atoms with van der Waals surface area (Å²) in [5, 5.41) is 0. The fourth-order valence-electron chi connectivity index (χ4n) is 0.792. The van der Waals surface area contributed by atoms with Crippen LogP contribution in [-0.2, 0) is 14.3 Å². The van der Waals surface area contributed by atoms with Crippen molar-refractivity contribution >= 4 is 5.97 Å². The molecule has 0 bridgehead atoms. The summed E-state index contributed by atoms with van der Waals surface area (Å²) in [6, 6.07) is 0. The summed E-state index contributed by atoms with van der Waals surface area (Å²) in [6.45, 7) is 6.91. The van der Waals surface area contributed by atoms with Crippen molar-refractivity contribution in [1.29, 1.82) is 0 Å². The minimum absolute atomic E-state index is 0.252. The summed E-state index contributed by atoms with van der Waals surface area (Å²) in [6.07, 6.45) is 2.51. The van der Waals surface area contributed by atoms with Crippen molar-refractivity contribution in [2.24, 2.45) is 0 Å². The monoisotopic (exact) mass is 188 g/mol. The number of hydrogen-bond donors (Lipinski definition) is 0. The molecule has 0 aliphatic heterocycles. The lowest BCUT2D eigenvalue weighted by Gasteiger charge is -2.11. The van der Waals surface area contributed by atoms with Gasteiger partial charge in [-0.2, -0.15) is 0 Å². The maximum atomic E-state index is 11.1. The molecule has 0 N–H and O–H groups in total. The molecular weight excluding hydrogens is 168 g/mol. The predicted octanol–water partition coefficient (Wildman–Crippen LogP) is 2.14. The number of esters is 1. The molecule has 0 heterocycles. The molecule has 0 fully saturated rings. The molecule has 0 aromatic rings. The Morgan fingerprint density at radius 1 is 1.23 bits per heavy atom. The highest BCUT2D eigenvalue weighted by molar-refractivity contribution is 5.74. The van der Waals surface area contributed by atoms with Crippen LogP contribution >= 0.6 is 0 Å². The van der Waals surface area contributed by atoms with Gasteiger partial charge < -0.3 is 9.47 Å². The third-order valence-corrected chi connectivity index (χ3v) is 1.65. The van der Waals surface area contributed by atoms with Crippen LogP contribution in [0.3, 0.4) is 0 Å². The maximum absolute atomic E-state index is 11.1. The Hall–Kier alpha value is -0.570. The Morgan fingerprint density at radius 2 is 1.92 bits per heavy atom. The van der Waals surface area contributed by atoms with Crippen LogP contribution < -0.4 is 0 Å². The van der Waals surface area contributed by atoms with Gasteiger partial charge >= 0.3 is 5.97 Å². The molecule has 0 aromatic heterocycles. The normalized spacial score (nSPS) is 12.5. The van der Waals surface area contributed by atoms with Crippen molar-refractivity contribution in [3.05, 3.63) is 0 Å². The van der Waals surface area contributed by atoms with Gasteiger partial charge in [-0.25, -0.2) is 4.79 Å². The van der Waals surface area contributed by atoms with E-state index in [0.717, 1.165) is 19.3 Å². The minimum atomic E-state index is -0.418. The quantitative estimate of drug-likeness (QED) is 0.453. The fourth-order valence-corrected chi connectivity index (χ4v) is 0.792. The Bertz CT molecular complexity index is 134. The Morgan fingerprint density at radius 3 is 2.46 bits per heavy atom. The third kappa shape index (κ3) is 6.58. The van der Waals surface area contributed by atoms with Crippen molar-refractivity contribution in [2.75, 3.05) is 13.2 Å². The van der Waals surface area contributed by atoms with E-state index < -0.39 is 6.10 Å². The van der Waals surface area contributed by atoms with Crippen LogP contribution in [0.15, 0.2) is 0 Å². The average Bonchev–Trinajstić information content (AvgIpc) is 2.14. The van der Waals surface area contributed by atoms with E-state index in [2.05, 4.69) is 6.92 Å². The van der Waals surface area contributed by atoms with E-state index in [-0.39, 0.29) is 5.97 Å². The number of carbonyl (C=O) groups is 1. The molecule has 0 radical (unpaired) electrons. The molecule has 0 rings (SSSR count). The van der Waals surface area contributed by atoms with E-state index in [1.807, 2.05) is 6.92 Å². The van der Waals surface area contributed by atoms with Crippen molar-refractivity contribution in [2.45, 2.75) is 46.1 Å². The third-order valence-electron chi connectivity index (χ3n) is 1.65. The second-order valence-corrected chi connectivity index (χ2v) is 3.03. The lowest BCUT2D eigenvalue weighted by Crippen LogP contribution is -2.24. The van der Waals surface area contributed by atoms with Crippen molar-refractivity contribution in [1.82, 2.24) is 0 Å². The highest BCUT2D eigenvalue weighted by atomic mass is 16.6. The highest BCUT2D eigenvalue weighted by Crippen LogP contribution is 1.98. The van der Waals surface area contributed by atoms with E-state index in [4.69, 9.17) is 9.47 Å². The summed E-state index contributed by atoms with van der Waals surface area (Å²) >= 11 is 0. The van der Waals surface area contributed by atoms with Crippen molar-refractivity contribution in [3.8, 4) is 0 Å². The molecule has 13 heavy (non-hydrogen) atoms. The predicted molar refractivity (Wildman–Crippen MR) is 51.6 cm³/mol. The first-order valence-electron chi connectivity index (χ1n) is 5.00. The number of hydrogen-bond acceptors (Lipinski definition) is 3. The van der Waals surface area contributed by atoms with Crippen LogP contribution in [0, 0.1) is 0 Å². The smallest absolute Gasteiger partial charge is 0.334 e. The van der Waals surface area contributed by atoms with Gasteiger partial charge in [0.15, 0.2) is 6.10 Å². The lowest BCUT2D eigenvalue weighted by molar-refractivity contribution is -0.156. The Balaban J connectivity index is 3.45.